The molecule has 1 unspecified atom stereocenters. The van der Waals surface area contributed by atoms with Crippen LogP contribution in [0.3, 0.4) is 0 Å². The van der Waals surface area contributed by atoms with Gasteiger partial charge in [-0.3, -0.25) is 4.79 Å². The molecule has 0 spiro atoms. The third-order valence-corrected chi connectivity index (χ3v) is 2.51. The van der Waals surface area contributed by atoms with E-state index < -0.39 is 6.10 Å². The van der Waals surface area contributed by atoms with Crippen molar-refractivity contribution in [1.82, 2.24) is 0 Å². The second-order valence-corrected chi connectivity index (χ2v) is 3.79. The van der Waals surface area contributed by atoms with E-state index in [1.54, 1.807) is 25.1 Å². The number of ether oxygens (including phenoxy) is 2. The van der Waals surface area contributed by atoms with Gasteiger partial charge >= 0.3 is 0 Å². The van der Waals surface area contributed by atoms with Crippen molar-refractivity contribution in [2.75, 3.05) is 26.1 Å². The van der Waals surface area contributed by atoms with Gasteiger partial charge in [-0.25, -0.2) is 0 Å². The van der Waals surface area contributed by atoms with Crippen LogP contribution in [0.4, 0.5) is 5.69 Å². The Bertz CT molecular complexity index is 503. The standard InChI is InChI=1S/C14H18N2O3/c1-10(18-2)14(17)16-12-9-11(5-4-8-15)6-7-13(12)19-3/h6-7,9-10H,8,15H2,1-3H3,(H,16,17). The van der Waals surface area contributed by atoms with Crippen molar-refractivity contribution < 1.29 is 14.3 Å². The lowest BCUT2D eigenvalue weighted by atomic mass is 10.2. The van der Waals surface area contributed by atoms with E-state index in [0.29, 0.717) is 11.4 Å². The number of nitrogens with one attached hydrogen (secondary N) is 1. The van der Waals surface area contributed by atoms with Crippen molar-refractivity contribution in [3.8, 4) is 17.6 Å². The van der Waals surface area contributed by atoms with Gasteiger partial charge in [0.1, 0.15) is 11.9 Å². The number of methoxy groups -OCH3 is 2. The Morgan fingerprint density at radius 1 is 1.47 bits per heavy atom. The van der Waals surface area contributed by atoms with Gasteiger partial charge in [-0.2, -0.15) is 0 Å². The highest BCUT2D eigenvalue weighted by Gasteiger charge is 2.14. The minimum atomic E-state index is -0.538. The molecule has 0 radical (unpaired) electrons. The summed E-state index contributed by atoms with van der Waals surface area (Å²) in [6.07, 6.45) is -0.538. The maximum Gasteiger partial charge on any atom is 0.253 e. The number of carbonyl (C=O) groups excluding carboxylic acids is 1. The summed E-state index contributed by atoms with van der Waals surface area (Å²) in [4.78, 5) is 11.8. The zero-order valence-corrected chi connectivity index (χ0v) is 11.3. The highest BCUT2D eigenvalue weighted by atomic mass is 16.5. The molecule has 3 N–H and O–H groups in total. The Kier molecular flexibility index (Phi) is 5.86. The Morgan fingerprint density at radius 2 is 2.21 bits per heavy atom. The number of benzene rings is 1. The van der Waals surface area contributed by atoms with Gasteiger partial charge in [0.15, 0.2) is 0 Å². The van der Waals surface area contributed by atoms with Crippen LogP contribution in [-0.2, 0) is 9.53 Å². The van der Waals surface area contributed by atoms with Crippen LogP contribution in [0, 0.1) is 11.8 Å². The summed E-state index contributed by atoms with van der Waals surface area (Å²) in [7, 11) is 3.01. The number of rotatable bonds is 4. The first-order chi connectivity index (χ1) is 9.12. The Morgan fingerprint density at radius 3 is 2.79 bits per heavy atom. The van der Waals surface area contributed by atoms with Crippen molar-refractivity contribution in [2.45, 2.75) is 13.0 Å². The lowest BCUT2D eigenvalue weighted by Gasteiger charge is -2.13. The van der Waals surface area contributed by atoms with E-state index in [9.17, 15) is 4.79 Å². The average Bonchev–Trinajstić information content (AvgIpc) is 2.44. The Hall–Kier alpha value is -2.03. The van der Waals surface area contributed by atoms with Crippen molar-refractivity contribution in [3.05, 3.63) is 23.8 Å². The Labute approximate surface area is 113 Å². The van der Waals surface area contributed by atoms with E-state index in [0.717, 1.165) is 5.56 Å². The summed E-state index contributed by atoms with van der Waals surface area (Å²) in [5.41, 5.74) is 6.64. The van der Waals surface area contributed by atoms with Gasteiger partial charge in [-0.1, -0.05) is 11.8 Å². The predicted molar refractivity (Wildman–Crippen MR) is 74.0 cm³/mol. The molecule has 0 aliphatic rings. The number of hydrogen-bond acceptors (Lipinski definition) is 4. The molecule has 1 rings (SSSR count). The first kappa shape index (κ1) is 15.0. The number of carbonyl (C=O) groups is 1. The molecule has 1 amide bonds. The van der Waals surface area contributed by atoms with Crippen molar-refractivity contribution in [2.24, 2.45) is 5.73 Å². The van der Waals surface area contributed by atoms with Gasteiger partial charge in [-0.05, 0) is 25.1 Å². The van der Waals surface area contributed by atoms with Crippen LogP contribution in [0.25, 0.3) is 0 Å². The van der Waals surface area contributed by atoms with Crippen molar-refractivity contribution in [1.29, 1.82) is 0 Å². The van der Waals surface area contributed by atoms with Crippen molar-refractivity contribution in [3.63, 3.8) is 0 Å². The van der Waals surface area contributed by atoms with Gasteiger partial charge in [0.05, 0.1) is 19.3 Å². The zero-order chi connectivity index (χ0) is 14.3. The maximum atomic E-state index is 11.8. The van der Waals surface area contributed by atoms with E-state index in [2.05, 4.69) is 17.2 Å². The monoisotopic (exact) mass is 262 g/mol. The smallest absolute Gasteiger partial charge is 0.253 e. The highest BCUT2D eigenvalue weighted by molar-refractivity contribution is 5.95. The second-order valence-electron chi connectivity index (χ2n) is 3.79. The fourth-order valence-corrected chi connectivity index (χ4v) is 1.38. The number of anilines is 1. The molecular weight excluding hydrogens is 244 g/mol. The molecule has 0 heterocycles. The van der Waals surface area contributed by atoms with Crippen LogP contribution in [0.1, 0.15) is 12.5 Å². The lowest BCUT2D eigenvalue weighted by Crippen LogP contribution is -2.26. The van der Waals surface area contributed by atoms with Gasteiger partial charge in [0, 0.05) is 12.7 Å². The summed E-state index contributed by atoms with van der Waals surface area (Å²) in [6.45, 7) is 1.95. The minimum absolute atomic E-state index is 0.246. The topological polar surface area (TPSA) is 73.6 Å². The molecule has 1 atom stereocenters. The Balaban J connectivity index is 2.99. The zero-order valence-electron chi connectivity index (χ0n) is 11.3. The molecule has 5 nitrogen and oxygen atoms in total. The van der Waals surface area contributed by atoms with E-state index in [4.69, 9.17) is 15.2 Å². The van der Waals surface area contributed by atoms with Crippen LogP contribution < -0.4 is 15.8 Å². The first-order valence-electron chi connectivity index (χ1n) is 5.83. The van der Waals surface area contributed by atoms with Crippen LogP contribution in [0.2, 0.25) is 0 Å². The third-order valence-electron chi connectivity index (χ3n) is 2.51. The predicted octanol–water partition coefficient (Wildman–Crippen LogP) is 0.979. The van der Waals surface area contributed by atoms with E-state index in [-0.39, 0.29) is 12.5 Å². The molecule has 0 aliphatic heterocycles. The number of hydrogen-bond donors (Lipinski definition) is 2. The van der Waals surface area contributed by atoms with Gasteiger partial charge < -0.3 is 20.5 Å². The number of nitrogens with two attached hydrogens (primary N) is 1. The molecule has 0 bridgehead atoms. The molecule has 0 saturated heterocycles. The fourth-order valence-electron chi connectivity index (χ4n) is 1.38. The summed E-state index contributed by atoms with van der Waals surface area (Å²) in [5.74, 6) is 5.97. The first-order valence-corrected chi connectivity index (χ1v) is 5.83. The maximum absolute atomic E-state index is 11.8. The molecule has 0 saturated carbocycles. The van der Waals surface area contributed by atoms with E-state index in [1.807, 2.05) is 0 Å². The average molecular weight is 262 g/mol. The molecule has 1 aromatic rings. The molecule has 0 aliphatic carbocycles. The van der Waals surface area contributed by atoms with Crippen LogP contribution in [0.15, 0.2) is 18.2 Å². The largest absolute Gasteiger partial charge is 0.495 e. The molecule has 0 aromatic heterocycles. The molecule has 1 aromatic carbocycles. The molecule has 102 valence electrons. The minimum Gasteiger partial charge on any atom is -0.495 e. The highest BCUT2D eigenvalue weighted by Crippen LogP contribution is 2.25. The fraction of sp³-hybridized carbons (Fsp3) is 0.357. The SMILES string of the molecule is COc1ccc(C#CCN)cc1NC(=O)C(C)OC. The molecule has 0 fully saturated rings. The third kappa shape index (κ3) is 4.28. The normalized spacial score (nSPS) is 11.2. The van der Waals surface area contributed by atoms with Crippen LogP contribution >= 0.6 is 0 Å². The summed E-state index contributed by atoms with van der Waals surface area (Å²) < 4.78 is 10.1. The number of amides is 1. The summed E-state index contributed by atoms with van der Waals surface area (Å²) >= 11 is 0. The lowest BCUT2D eigenvalue weighted by molar-refractivity contribution is -0.124. The molecule has 5 heteroatoms. The van der Waals surface area contributed by atoms with Gasteiger partial charge in [0.2, 0.25) is 0 Å². The van der Waals surface area contributed by atoms with Crippen LogP contribution in [-0.4, -0.2) is 32.8 Å². The summed E-state index contributed by atoms with van der Waals surface area (Å²) in [5, 5.41) is 2.74. The van der Waals surface area contributed by atoms with Crippen molar-refractivity contribution >= 4 is 11.6 Å². The molecule has 19 heavy (non-hydrogen) atoms. The molecular formula is C14H18N2O3. The van der Waals surface area contributed by atoms with Gasteiger partial charge in [0.25, 0.3) is 5.91 Å². The van der Waals surface area contributed by atoms with Gasteiger partial charge in [-0.15, -0.1) is 0 Å². The van der Waals surface area contributed by atoms with E-state index >= 15 is 0 Å². The van der Waals surface area contributed by atoms with E-state index in [1.165, 1.54) is 14.2 Å². The van der Waals surface area contributed by atoms with Crippen LogP contribution in [0.5, 0.6) is 5.75 Å². The summed E-state index contributed by atoms with van der Waals surface area (Å²) in [6, 6.07) is 5.28. The quantitative estimate of drug-likeness (QED) is 0.793. The second kappa shape index (κ2) is 7.41.